The van der Waals surface area contributed by atoms with Gasteiger partial charge in [0.2, 0.25) is 15.9 Å². The molecule has 3 N–H and O–H groups in total. The zero-order valence-corrected chi connectivity index (χ0v) is 16.7. The molecule has 6 nitrogen and oxygen atoms in total. The first-order chi connectivity index (χ1) is 12.7. The van der Waals surface area contributed by atoms with Crippen molar-refractivity contribution in [2.24, 2.45) is 28.3 Å². The number of likely N-dealkylation sites (N-methyl/N-ethyl adjacent to an activating group) is 1. The molecule has 1 aromatic carbocycles. The van der Waals surface area contributed by atoms with Gasteiger partial charge in [0.1, 0.15) is 0 Å². The molecule has 0 unspecified atom stereocenters. The lowest BCUT2D eigenvalue weighted by atomic mass is 9.49. The Morgan fingerprint density at radius 2 is 1.63 bits per heavy atom. The highest BCUT2D eigenvalue weighted by molar-refractivity contribution is 7.89. The predicted molar refractivity (Wildman–Crippen MR) is 105 cm³/mol. The van der Waals surface area contributed by atoms with Crippen LogP contribution in [0.2, 0.25) is 0 Å². The van der Waals surface area contributed by atoms with Gasteiger partial charge in [0.25, 0.3) is 0 Å². The number of hydrogen-bond acceptors (Lipinski definition) is 4. The Morgan fingerprint density at radius 1 is 1.11 bits per heavy atom. The number of amides is 1. The molecule has 27 heavy (non-hydrogen) atoms. The van der Waals surface area contributed by atoms with Crippen molar-refractivity contribution in [3.63, 3.8) is 0 Å². The molecular weight excluding hydrogens is 362 g/mol. The topological polar surface area (TPSA) is 92.5 Å². The SMILES string of the molecule is CN(CC(=O)Nc1ccc(S(N)(=O)=O)cc1)CC12CC3CC(CC(C3)C1)C2. The van der Waals surface area contributed by atoms with E-state index in [1.807, 2.05) is 7.05 Å². The number of carbonyl (C=O) groups is 1. The summed E-state index contributed by atoms with van der Waals surface area (Å²) in [5, 5.41) is 7.94. The molecule has 4 saturated carbocycles. The second kappa shape index (κ2) is 6.87. The van der Waals surface area contributed by atoms with Gasteiger partial charge in [-0.15, -0.1) is 0 Å². The maximum absolute atomic E-state index is 12.4. The molecule has 4 bridgehead atoms. The van der Waals surface area contributed by atoms with Gasteiger partial charge in [-0.2, -0.15) is 0 Å². The van der Waals surface area contributed by atoms with Crippen LogP contribution < -0.4 is 10.5 Å². The molecule has 1 aromatic rings. The molecule has 1 amide bonds. The molecule has 0 atom stereocenters. The normalized spacial score (nSPS) is 32.0. The van der Waals surface area contributed by atoms with Crippen molar-refractivity contribution in [2.45, 2.75) is 43.4 Å². The first kappa shape index (κ1) is 18.9. The van der Waals surface area contributed by atoms with Gasteiger partial charge in [0, 0.05) is 12.2 Å². The predicted octanol–water partition coefficient (Wildman–Crippen LogP) is 2.42. The van der Waals surface area contributed by atoms with Crippen LogP contribution in [-0.2, 0) is 14.8 Å². The van der Waals surface area contributed by atoms with Crippen LogP contribution in [0.3, 0.4) is 0 Å². The fourth-order valence-corrected chi connectivity index (χ4v) is 6.80. The molecule has 7 heteroatoms. The highest BCUT2D eigenvalue weighted by Gasteiger charge is 2.51. The summed E-state index contributed by atoms with van der Waals surface area (Å²) >= 11 is 0. The molecule has 0 aliphatic heterocycles. The van der Waals surface area contributed by atoms with E-state index in [1.165, 1.54) is 50.7 Å². The Labute approximate surface area is 161 Å². The molecule has 0 spiro atoms. The lowest BCUT2D eigenvalue weighted by Gasteiger charge is -2.57. The minimum atomic E-state index is -3.71. The molecule has 148 valence electrons. The molecule has 4 aliphatic rings. The van der Waals surface area contributed by atoms with E-state index in [-0.39, 0.29) is 10.8 Å². The smallest absolute Gasteiger partial charge is 0.238 e. The van der Waals surface area contributed by atoms with E-state index in [4.69, 9.17) is 5.14 Å². The van der Waals surface area contributed by atoms with Crippen LogP contribution in [0.5, 0.6) is 0 Å². The van der Waals surface area contributed by atoms with Gasteiger partial charge in [-0.05, 0) is 93.0 Å². The highest BCUT2D eigenvalue weighted by Crippen LogP contribution is 2.60. The number of primary sulfonamides is 1. The molecule has 4 aliphatic carbocycles. The Balaban J connectivity index is 1.32. The molecule has 5 rings (SSSR count). The van der Waals surface area contributed by atoms with Gasteiger partial charge in [-0.1, -0.05) is 0 Å². The summed E-state index contributed by atoms with van der Waals surface area (Å²) in [7, 11) is -1.68. The molecule has 4 fully saturated rings. The van der Waals surface area contributed by atoms with E-state index in [9.17, 15) is 13.2 Å². The number of benzene rings is 1. The van der Waals surface area contributed by atoms with Gasteiger partial charge in [-0.3, -0.25) is 9.69 Å². The fraction of sp³-hybridized carbons (Fsp3) is 0.650. The number of hydrogen-bond donors (Lipinski definition) is 2. The number of rotatable bonds is 6. The Kier molecular flexibility index (Phi) is 4.81. The molecular formula is C20H29N3O3S. The summed E-state index contributed by atoms with van der Waals surface area (Å²) < 4.78 is 22.6. The van der Waals surface area contributed by atoms with E-state index in [1.54, 1.807) is 12.1 Å². The fourth-order valence-electron chi connectivity index (χ4n) is 6.29. The summed E-state index contributed by atoms with van der Waals surface area (Å²) in [6, 6.07) is 5.95. The van der Waals surface area contributed by atoms with Crippen molar-refractivity contribution >= 4 is 21.6 Å². The quantitative estimate of drug-likeness (QED) is 0.779. The number of carbonyl (C=O) groups excluding carboxylic acids is 1. The van der Waals surface area contributed by atoms with Crippen LogP contribution in [-0.4, -0.2) is 39.4 Å². The zero-order valence-electron chi connectivity index (χ0n) is 15.9. The minimum absolute atomic E-state index is 0.0411. The van der Waals surface area contributed by atoms with Gasteiger partial charge in [-0.25, -0.2) is 13.6 Å². The Hall–Kier alpha value is -1.44. The maximum Gasteiger partial charge on any atom is 0.238 e. The van der Waals surface area contributed by atoms with Crippen molar-refractivity contribution in [3.05, 3.63) is 24.3 Å². The van der Waals surface area contributed by atoms with E-state index in [0.29, 0.717) is 17.6 Å². The second-order valence-corrected chi connectivity index (χ2v) is 10.8. The van der Waals surface area contributed by atoms with Crippen molar-refractivity contribution in [1.29, 1.82) is 0 Å². The standard InChI is InChI=1S/C20H29N3O3S/c1-23(13-20-9-14-6-15(10-20)8-16(7-14)11-20)12-19(24)22-17-2-4-18(5-3-17)27(21,25)26/h2-5,14-16H,6-13H2,1H3,(H,22,24)(H2,21,25,26). The van der Waals surface area contributed by atoms with Crippen molar-refractivity contribution in [3.8, 4) is 0 Å². The maximum atomic E-state index is 12.4. The third-order valence-corrected chi connectivity index (χ3v) is 7.58. The average molecular weight is 392 g/mol. The Morgan fingerprint density at radius 3 is 2.11 bits per heavy atom. The first-order valence-corrected chi connectivity index (χ1v) is 11.4. The molecule has 0 radical (unpaired) electrons. The van der Waals surface area contributed by atoms with Gasteiger partial charge < -0.3 is 5.32 Å². The molecule has 0 aromatic heterocycles. The summed E-state index contributed by atoms with van der Waals surface area (Å²) in [5.74, 6) is 2.66. The van der Waals surface area contributed by atoms with Crippen LogP contribution in [0.4, 0.5) is 5.69 Å². The third kappa shape index (κ3) is 4.20. The number of nitrogens with two attached hydrogens (primary N) is 1. The van der Waals surface area contributed by atoms with Crippen LogP contribution in [0.25, 0.3) is 0 Å². The van der Waals surface area contributed by atoms with Crippen LogP contribution in [0.15, 0.2) is 29.2 Å². The number of nitrogens with one attached hydrogen (secondary N) is 1. The number of anilines is 1. The monoisotopic (exact) mass is 391 g/mol. The van der Waals surface area contributed by atoms with Crippen molar-refractivity contribution in [2.75, 3.05) is 25.5 Å². The summed E-state index contributed by atoms with van der Waals surface area (Å²) in [4.78, 5) is 14.6. The summed E-state index contributed by atoms with van der Waals surface area (Å²) in [6.45, 7) is 1.34. The second-order valence-electron chi connectivity index (χ2n) is 9.21. The number of sulfonamides is 1. The lowest BCUT2D eigenvalue weighted by molar-refractivity contribution is -0.118. The van der Waals surface area contributed by atoms with Gasteiger partial charge in [0.15, 0.2) is 0 Å². The van der Waals surface area contributed by atoms with Crippen LogP contribution in [0.1, 0.15) is 38.5 Å². The largest absolute Gasteiger partial charge is 0.325 e. The van der Waals surface area contributed by atoms with Crippen LogP contribution in [0, 0.1) is 23.2 Å². The highest BCUT2D eigenvalue weighted by atomic mass is 32.2. The molecule has 0 heterocycles. The van der Waals surface area contributed by atoms with E-state index >= 15 is 0 Å². The van der Waals surface area contributed by atoms with Gasteiger partial charge in [0.05, 0.1) is 11.4 Å². The number of nitrogens with zero attached hydrogens (tertiary/aromatic N) is 1. The Bertz CT molecular complexity index is 784. The molecule has 0 saturated heterocycles. The average Bonchev–Trinajstić information content (AvgIpc) is 2.52. The van der Waals surface area contributed by atoms with Crippen molar-refractivity contribution in [1.82, 2.24) is 4.90 Å². The summed E-state index contributed by atoms with van der Waals surface area (Å²) in [5.41, 5.74) is 0.997. The van der Waals surface area contributed by atoms with Crippen molar-refractivity contribution < 1.29 is 13.2 Å². The van der Waals surface area contributed by atoms with E-state index in [0.717, 1.165) is 24.3 Å². The zero-order chi connectivity index (χ0) is 19.2. The first-order valence-electron chi connectivity index (χ1n) is 9.82. The summed E-state index contributed by atoms with van der Waals surface area (Å²) in [6.07, 6.45) is 8.29. The minimum Gasteiger partial charge on any atom is -0.325 e. The van der Waals surface area contributed by atoms with E-state index < -0.39 is 10.0 Å². The van der Waals surface area contributed by atoms with Crippen LogP contribution >= 0.6 is 0 Å². The van der Waals surface area contributed by atoms with Gasteiger partial charge >= 0.3 is 0 Å². The van der Waals surface area contributed by atoms with E-state index in [2.05, 4.69) is 10.2 Å². The third-order valence-electron chi connectivity index (χ3n) is 6.65. The lowest BCUT2D eigenvalue weighted by Crippen LogP contribution is -2.51.